The van der Waals surface area contributed by atoms with Gasteiger partial charge in [0.2, 0.25) is 0 Å². The maximum Gasteiger partial charge on any atom is 0.334 e. The third-order valence-electron chi connectivity index (χ3n) is 4.49. The molecule has 0 saturated heterocycles. The summed E-state index contributed by atoms with van der Waals surface area (Å²) in [4.78, 5) is 23.8. The number of rotatable bonds is 2. The van der Waals surface area contributed by atoms with Crippen LogP contribution in [-0.4, -0.2) is 26.2 Å². The molecular weight excluding hydrogens is 232 g/mol. The SMILES string of the molecule is COC(=O)C1=C(C(=O)OC)C2C(=CC1)C1CC2C1. The molecule has 3 saturated carbocycles. The number of carbonyl (C=O) groups excluding carboxylic acids is 2. The number of hydrogen-bond donors (Lipinski definition) is 0. The molecule has 0 aliphatic heterocycles. The molecule has 96 valence electrons. The second-order valence-electron chi connectivity index (χ2n) is 5.19. The van der Waals surface area contributed by atoms with Crippen LogP contribution < -0.4 is 0 Å². The van der Waals surface area contributed by atoms with E-state index in [2.05, 4.69) is 6.08 Å². The Labute approximate surface area is 106 Å². The van der Waals surface area contributed by atoms with E-state index in [0.29, 0.717) is 29.4 Å². The molecule has 0 aromatic carbocycles. The predicted molar refractivity (Wildman–Crippen MR) is 63.5 cm³/mol. The van der Waals surface area contributed by atoms with E-state index in [9.17, 15) is 9.59 Å². The fourth-order valence-electron chi connectivity index (χ4n) is 3.62. The highest BCUT2D eigenvalue weighted by molar-refractivity contribution is 6.02. The molecule has 0 aromatic rings. The van der Waals surface area contributed by atoms with Crippen LogP contribution in [0.3, 0.4) is 0 Å². The second kappa shape index (κ2) is 3.97. The molecule has 0 aromatic heterocycles. The van der Waals surface area contributed by atoms with Gasteiger partial charge in [-0.05, 0) is 31.1 Å². The van der Waals surface area contributed by atoms with Gasteiger partial charge in [0.1, 0.15) is 0 Å². The second-order valence-corrected chi connectivity index (χ2v) is 5.19. The average molecular weight is 248 g/mol. The lowest BCUT2D eigenvalue weighted by Crippen LogP contribution is -2.25. The Morgan fingerprint density at radius 2 is 1.83 bits per heavy atom. The highest BCUT2D eigenvalue weighted by Gasteiger charge is 2.53. The molecule has 1 unspecified atom stereocenters. The maximum absolute atomic E-state index is 12.0. The van der Waals surface area contributed by atoms with Crippen molar-refractivity contribution in [3.05, 3.63) is 22.8 Å². The Bertz CT molecular complexity index is 480. The fraction of sp³-hybridized carbons (Fsp3) is 0.571. The summed E-state index contributed by atoms with van der Waals surface area (Å²) in [6.07, 6.45) is 4.89. The van der Waals surface area contributed by atoms with E-state index < -0.39 is 5.97 Å². The molecule has 0 spiro atoms. The zero-order valence-corrected chi connectivity index (χ0v) is 10.6. The molecule has 0 amide bonds. The number of carbonyl (C=O) groups is 2. The van der Waals surface area contributed by atoms with Gasteiger partial charge in [-0.2, -0.15) is 0 Å². The van der Waals surface area contributed by atoms with Crippen LogP contribution in [0.2, 0.25) is 0 Å². The first-order valence-electron chi connectivity index (χ1n) is 6.27. The summed E-state index contributed by atoms with van der Waals surface area (Å²) in [6.45, 7) is 0. The van der Waals surface area contributed by atoms with Gasteiger partial charge in [0.15, 0.2) is 0 Å². The largest absolute Gasteiger partial charge is 0.466 e. The van der Waals surface area contributed by atoms with Crippen LogP contribution >= 0.6 is 0 Å². The van der Waals surface area contributed by atoms with Gasteiger partial charge in [-0.15, -0.1) is 0 Å². The Hall–Kier alpha value is -1.58. The highest BCUT2D eigenvalue weighted by Crippen LogP contribution is 2.60. The first-order valence-corrected chi connectivity index (χ1v) is 6.27. The van der Waals surface area contributed by atoms with Gasteiger partial charge >= 0.3 is 11.9 Å². The molecule has 1 atom stereocenters. The van der Waals surface area contributed by atoms with Crippen molar-refractivity contribution < 1.29 is 19.1 Å². The highest BCUT2D eigenvalue weighted by atomic mass is 16.5. The van der Waals surface area contributed by atoms with E-state index >= 15 is 0 Å². The first kappa shape index (κ1) is 11.5. The number of allylic oxidation sites excluding steroid dienone is 2. The Morgan fingerprint density at radius 3 is 2.44 bits per heavy atom. The van der Waals surface area contributed by atoms with Gasteiger partial charge in [-0.3, -0.25) is 0 Å². The van der Waals surface area contributed by atoms with Crippen molar-refractivity contribution in [2.75, 3.05) is 14.2 Å². The van der Waals surface area contributed by atoms with E-state index in [1.165, 1.54) is 19.8 Å². The quantitative estimate of drug-likeness (QED) is 0.550. The normalized spacial score (nSPS) is 32.3. The molecule has 4 heteroatoms. The molecule has 0 radical (unpaired) electrons. The van der Waals surface area contributed by atoms with Crippen molar-refractivity contribution in [1.82, 2.24) is 0 Å². The van der Waals surface area contributed by atoms with E-state index in [1.807, 2.05) is 0 Å². The monoisotopic (exact) mass is 248 g/mol. The van der Waals surface area contributed by atoms with Gasteiger partial charge in [-0.25, -0.2) is 9.59 Å². The molecule has 4 rings (SSSR count). The van der Waals surface area contributed by atoms with Crippen molar-refractivity contribution in [2.24, 2.45) is 17.8 Å². The summed E-state index contributed by atoms with van der Waals surface area (Å²) in [5, 5.41) is 0. The molecule has 18 heavy (non-hydrogen) atoms. The number of methoxy groups -OCH3 is 2. The molecule has 3 fully saturated rings. The fourth-order valence-corrected chi connectivity index (χ4v) is 3.62. The third-order valence-corrected chi connectivity index (χ3v) is 4.49. The Kier molecular flexibility index (Phi) is 2.54. The van der Waals surface area contributed by atoms with Crippen LogP contribution in [0.25, 0.3) is 0 Å². The molecule has 0 heterocycles. The van der Waals surface area contributed by atoms with Crippen molar-refractivity contribution in [2.45, 2.75) is 19.3 Å². The number of ether oxygens (including phenoxy) is 2. The van der Waals surface area contributed by atoms with Gasteiger partial charge in [-0.1, -0.05) is 11.6 Å². The third kappa shape index (κ3) is 1.38. The maximum atomic E-state index is 12.0. The lowest BCUT2D eigenvalue weighted by atomic mass is 9.79. The minimum atomic E-state index is -0.408. The predicted octanol–water partition coefficient (Wildman–Crippen LogP) is 1.62. The first-order chi connectivity index (χ1) is 8.67. The average Bonchev–Trinajstić information content (AvgIpc) is 2.88. The molecule has 4 aliphatic carbocycles. The lowest BCUT2D eigenvalue weighted by Gasteiger charge is -2.25. The summed E-state index contributed by atoms with van der Waals surface area (Å²) in [6, 6.07) is 0. The van der Waals surface area contributed by atoms with Crippen LogP contribution in [0.5, 0.6) is 0 Å². The summed E-state index contributed by atoms with van der Waals surface area (Å²) in [5.41, 5.74) is 2.37. The molecule has 0 N–H and O–H groups in total. The minimum absolute atomic E-state index is 0.102. The van der Waals surface area contributed by atoms with Crippen LogP contribution in [0.4, 0.5) is 0 Å². The van der Waals surface area contributed by atoms with Gasteiger partial charge in [0.25, 0.3) is 0 Å². The standard InChI is InChI=1S/C14H16O4/c1-17-13(15)10-4-3-9-7-5-8(6-7)11(9)12(10)14(16)18-2/h3,7-8,11H,4-6H2,1-2H3. The lowest BCUT2D eigenvalue weighted by molar-refractivity contribution is -0.140. The number of hydrogen-bond acceptors (Lipinski definition) is 4. The van der Waals surface area contributed by atoms with Crippen LogP contribution in [0, 0.1) is 17.8 Å². The number of esters is 2. The van der Waals surface area contributed by atoms with Crippen LogP contribution in [0.1, 0.15) is 19.3 Å². The van der Waals surface area contributed by atoms with Gasteiger partial charge < -0.3 is 9.47 Å². The van der Waals surface area contributed by atoms with E-state index in [-0.39, 0.29) is 11.9 Å². The molecule has 4 nitrogen and oxygen atoms in total. The molecule has 2 bridgehead atoms. The van der Waals surface area contributed by atoms with Crippen LogP contribution in [-0.2, 0) is 19.1 Å². The molecule has 4 aliphatic rings. The minimum Gasteiger partial charge on any atom is -0.466 e. The Balaban J connectivity index is 2.05. The van der Waals surface area contributed by atoms with Crippen molar-refractivity contribution in [3.63, 3.8) is 0 Å². The Morgan fingerprint density at radius 1 is 1.17 bits per heavy atom. The van der Waals surface area contributed by atoms with E-state index in [0.717, 1.165) is 12.8 Å². The summed E-state index contributed by atoms with van der Waals surface area (Å²) >= 11 is 0. The van der Waals surface area contributed by atoms with Crippen molar-refractivity contribution >= 4 is 11.9 Å². The van der Waals surface area contributed by atoms with E-state index in [1.54, 1.807) is 0 Å². The topological polar surface area (TPSA) is 52.6 Å². The van der Waals surface area contributed by atoms with Crippen LogP contribution in [0.15, 0.2) is 22.8 Å². The van der Waals surface area contributed by atoms with Crippen molar-refractivity contribution in [1.29, 1.82) is 0 Å². The zero-order valence-electron chi connectivity index (χ0n) is 10.6. The smallest absolute Gasteiger partial charge is 0.334 e. The summed E-state index contributed by atoms with van der Waals surface area (Å²) < 4.78 is 9.64. The zero-order chi connectivity index (χ0) is 12.9. The van der Waals surface area contributed by atoms with Gasteiger partial charge in [0, 0.05) is 5.92 Å². The summed E-state index contributed by atoms with van der Waals surface area (Å²) in [5.74, 6) is 0.452. The summed E-state index contributed by atoms with van der Waals surface area (Å²) in [7, 11) is 2.71. The van der Waals surface area contributed by atoms with Crippen molar-refractivity contribution in [3.8, 4) is 0 Å². The molecular formula is C14H16O4. The van der Waals surface area contributed by atoms with E-state index in [4.69, 9.17) is 9.47 Å². The van der Waals surface area contributed by atoms with Gasteiger partial charge in [0.05, 0.1) is 25.4 Å².